The van der Waals surface area contributed by atoms with Crippen LogP contribution in [0.5, 0.6) is 0 Å². The van der Waals surface area contributed by atoms with Gasteiger partial charge in [-0.25, -0.2) is 0 Å². The second-order valence-corrected chi connectivity index (χ2v) is 2.26. The molecule has 0 rings (SSSR count). The predicted molar refractivity (Wildman–Crippen MR) is 49.9 cm³/mol. The van der Waals surface area contributed by atoms with Crippen molar-refractivity contribution < 1.29 is 14.5 Å². The molecule has 0 aromatic carbocycles. The van der Waals surface area contributed by atoms with Crippen molar-refractivity contribution in [1.82, 2.24) is 0 Å². The highest BCUT2D eigenvalue weighted by Gasteiger charge is 2.14. The molecule has 5 heteroatoms. The van der Waals surface area contributed by atoms with Gasteiger partial charge in [0.25, 0.3) is 0 Å². The molecule has 5 nitrogen and oxygen atoms in total. The van der Waals surface area contributed by atoms with E-state index in [2.05, 4.69) is 20.0 Å². The summed E-state index contributed by atoms with van der Waals surface area (Å²) in [4.78, 5) is 20.3. The zero-order chi connectivity index (χ0) is 10.3. The molecule has 74 valence electrons. The summed E-state index contributed by atoms with van der Waals surface area (Å²) in [6.07, 6.45) is 0.360. The number of hydrogen-bond acceptors (Lipinski definition) is 5. The fourth-order valence-corrected chi connectivity index (χ4v) is 0.758. The van der Waals surface area contributed by atoms with Gasteiger partial charge in [0.1, 0.15) is 19.9 Å². The second kappa shape index (κ2) is 6.16. The number of rotatable bonds is 5. The van der Waals surface area contributed by atoms with Gasteiger partial charge in [-0.3, -0.25) is 4.79 Å². The first-order valence-electron chi connectivity index (χ1n) is 3.89. The number of ketones is 1. The maximum absolute atomic E-state index is 11.3. The van der Waals surface area contributed by atoms with Crippen molar-refractivity contribution in [1.29, 1.82) is 0 Å². The minimum atomic E-state index is -0.125. The maximum Gasteiger partial charge on any atom is 0.186 e. The Labute approximate surface area is 77.4 Å². The molecule has 0 bridgehead atoms. The summed E-state index contributed by atoms with van der Waals surface area (Å²) >= 11 is 0. The van der Waals surface area contributed by atoms with Gasteiger partial charge in [0.05, 0.1) is 0 Å². The quantitative estimate of drug-likeness (QED) is 0.475. The van der Waals surface area contributed by atoms with Gasteiger partial charge in [-0.05, 0) is 6.92 Å². The lowest BCUT2D eigenvalue weighted by Gasteiger charge is -2.00. The van der Waals surface area contributed by atoms with Gasteiger partial charge in [0, 0.05) is 6.42 Å². The molecule has 0 aliphatic heterocycles. The Balaban J connectivity index is 4.72. The lowest BCUT2D eigenvalue weighted by Crippen LogP contribution is -2.21. The average Bonchev–Trinajstić information content (AvgIpc) is 2.13. The third-order valence-electron chi connectivity index (χ3n) is 1.34. The van der Waals surface area contributed by atoms with Gasteiger partial charge in [0.2, 0.25) is 0 Å². The van der Waals surface area contributed by atoms with Crippen LogP contribution in [0.4, 0.5) is 0 Å². The van der Waals surface area contributed by atoms with E-state index in [4.69, 9.17) is 0 Å². The van der Waals surface area contributed by atoms with Crippen LogP contribution in [0, 0.1) is 0 Å². The van der Waals surface area contributed by atoms with Crippen LogP contribution in [0.1, 0.15) is 20.3 Å². The molecule has 0 saturated carbocycles. The first kappa shape index (κ1) is 11.6. The number of nitrogens with zero attached hydrogens (tertiary/aromatic N) is 2. The highest BCUT2D eigenvalue weighted by atomic mass is 16.6. The maximum atomic E-state index is 11.3. The van der Waals surface area contributed by atoms with E-state index in [1.807, 2.05) is 0 Å². The highest BCUT2D eigenvalue weighted by Crippen LogP contribution is 1.93. The minimum Gasteiger partial charge on any atom is -0.399 e. The zero-order valence-electron chi connectivity index (χ0n) is 8.33. The Hall–Kier alpha value is -1.39. The lowest BCUT2D eigenvalue weighted by molar-refractivity contribution is -0.112. The van der Waals surface area contributed by atoms with Crippen molar-refractivity contribution in [2.45, 2.75) is 20.3 Å². The molecular weight excluding hydrogens is 172 g/mol. The van der Waals surface area contributed by atoms with Gasteiger partial charge in [-0.15, -0.1) is 0 Å². The molecule has 13 heavy (non-hydrogen) atoms. The minimum absolute atomic E-state index is 0.125. The van der Waals surface area contributed by atoms with E-state index in [1.54, 1.807) is 13.8 Å². The number of carbonyl (C=O) groups excluding carboxylic acids is 1. The first-order valence-corrected chi connectivity index (χ1v) is 3.89. The van der Waals surface area contributed by atoms with Crippen LogP contribution >= 0.6 is 0 Å². The van der Waals surface area contributed by atoms with E-state index in [-0.39, 0.29) is 11.5 Å². The van der Waals surface area contributed by atoms with Gasteiger partial charge in [-0.1, -0.05) is 17.2 Å². The number of carbonyl (C=O) groups is 1. The Bertz CT molecular complexity index is 234. The Morgan fingerprint density at radius 2 is 1.77 bits per heavy atom. The van der Waals surface area contributed by atoms with Crippen molar-refractivity contribution in [2.24, 2.45) is 10.3 Å². The van der Waals surface area contributed by atoms with E-state index >= 15 is 0 Å². The summed E-state index contributed by atoms with van der Waals surface area (Å²) in [6.45, 7) is 3.38. The molecule has 0 saturated heterocycles. The SMILES string of the molecule is CCC(=O)C(=NOC)C(C)=NOC. The van der Waals surface area contributed by atoms with Gasteiger partial charge >= 0.3 is 0 Å². The van der Waals surface area contributed by atoms with Gasteiger partial charge in [-0.2, -0.15) is 0 Å². The van der Waals surface area contributed by atoms with Gasteiger partial charge in [0.15, 0.2) is 11.5 Å². The van der Waals surface area contributed by atoms with Gasteiger partial charge < -0.3 is 9.68 Å². The monoisotopic (exact) mass is 186 g/mol. The lowest BCUT2D eigenvalue weighted by atomic mass is 10.1. The Morgan fingerprint density at radius 1 is 1.23 bits per heavy atom. The highest BCUT2D eigenvalue weighted by molar-refractivity contribution is 6.66. The van der Waals surface area contributed by atoms with Crippen LogP contribution in [0.3, 0.4) is 0 Å². The zero-order valence-corrected chi connectivity index (χ0v) is 8.33. The summed E-state index contributed by atoms with van der Waals surface area (Å²) in [5.41, 5.74) is 0.614. The van der Waals surface area contributed by atoms with E-state index in [0.717, 1.165) is 0 Å². The molecular formula is C8H14N2O3. The van der Waals surface area contributed by atoms with Crippen molar-refractivity contribution in [3.05, 3.63) is 0 Å². The fourth-order valence-electron chi connectivity index (χ4n) is 0.758. The number of Topliss-reactive ketones (excluding diaryl/α,β-unsaturated/α-hetero) is 1. The summed E-state index contributed by atoms with van der Waals surface area (Å²) in [5, 5.41) is 7.17. The summed E-state index contributed by atoms with van der Waals surface area (Å²) < 4.78 is 0. The van der Waals surface area contributed by atoms with Crippen molar-refractivity contribution >= 4 is 17.2 Å². The molecule has 0 amide bonds. The Morgan fingerprint density at radius 3 is 2.15 bits per heavy atom. The summed E-state index contributed by atoms with van der Waals surface area (Å²) in [7, 11) is 2.79. The molecule has 0 aromatic rings. The fraction of sp³-hybridized carbons (Fsp3) is 0.625. The van der Waals surface area contributed by atoms with Crippen LogP contribution < -0.4 is 0 Å². The second-order valence-electron chi connectivity index (χ2n) is 2.26. The van der Waals surface area contributed by atoms with E-state index in [1.165, 1.54) is 14.2 Å². The standard InChI is InChI=1S/C8H14N2O3/c1-5-7(11)8(10-13-4)6(2)9-12-3/h5H2,1-4H3. The molecule has 0 aliphatic rings. The molecule has 0 unspecified atom stereocenters. The normalized spacial score (nSPS) is 12.6. The van der Waals surface area contributed by atoms with E-state index in [0.29, 0.717) is 12.1 Å². The van der Waals surface area contributed by atoms with E-state index < -0.39 is 0 Å². The number of hydrogen-bond donors (Lipinski definition) is 0. The molecule has 0 N–H and O–H groups in total. The predicted octanol–water partition coefficient (Wildman–Crippen LogP) is 0.990. The molecule has 0 aliphatic carbocycles. The number of oxime groups is 2. The largest absolute Gasteiger partial charge is 0.399 e. The molecule has 0 spiro atoms. The summed E-state index contributed by atoms with van der Waals surface area (Å²) in [6, 6.07) is 0. The van der Waals surface area contributed by atoms with Crippen LogP contribution in [-0.2, 0) is 14.5 Å². The summed E-state index contributed by atoms with van der Waals surface area (Å²) in [5.74, 6) is -0.125. The molecule has 0 radical (unpaired) electrons. The molecule has 0 heterocycles. The van der Waals surface area contributed by atoms with Crippen molar-refractivity contribution in [3.63, 3.8) is 0 Å². The smallest absolute Gasteiger partial charge is 0.186 e. The van der Waals surface area contributed by atoms with Crippen molar-refractivity contribution in [2.75, 3.05) is 14.2 Å². The first-order chi connectivity index (χ1) is 6.17. The van der Waals surface area contributed by atoms with Crippen LogP contribution in [0.15, 0.2) is 10.3 Å². The third-order valence-corrected chi connectivity index (χ3v) is 1.34. The molecule has 0 fully saturated rings. The third kappa shape index (κ3) is 3.68. The van der Waals surface area contributed by atoms with E-state index in [9.17, 15) is 4.79 Å². The van der Waals surface area contributed by atoms with Crippen LogP contribution in [0.25, 0.3) is 0 Å². The van der Waals surface area contributed by atoms with Crippen molar-refractivity contribution in [3.8, 4) is 0 Å². The Kier molecular flexibility index (Phi) is 5.50. The average molecular weight is 186 g/mol. The van der Waals surface area contributed by atoms with Crippen LogP contribution in [0.2, 0.25) is 0 Å². The molecule has 0 aromatic heterocycles. The van der Waals surface area contributed by atoms with Crippen LogP contribution in [-0.4, -0.2) is 31.4 Å². The molecule has 0 atom stereocenters. The topological polar surface area (TPSA) is 60.2 Å².